The van der Waals surface area contributed by atoms with Crippen LogP contribution in [0.1, 0.15) is 27.6 Å². The van der Waals surface area contributed by atoms with E-state index in [9.17, 15) is 24.8 Å². The monoisotopic (exact) mass is 284 g/mol. The lowest BCUT2D eigenvalue weighted by Crippen LogP contribution is -2.22. The van der Waals surface area contributed by atoms with E-state index in [4.69, 9.17) is 0 Å². The molecule has 0 aliphatic carbocycles. The number of nitro groups is 1. The fraction of sp³-hybridized carbons (Fsp3) is 0.273. The van der Waals surface area contributed by atoms with Crippen molar-refractivity contribution in [3.8, 4) is 0 Å². The highest BCUT2D eigenvalue weighted by Crippen LogP contribution is 2.30. The van der Waals surface area contributed by atoms with Gasteiger partial charge in [-0.15, -0.1) is 11.8 Å². The Labute approximate surface area is 113 Å². The van der Waals surface area contributed by atoms with E-state index < -0.39 is 16.8 Å². The van der Waals surface area contributed by atoms with Crippen molar-refractivity contribution >= 4 is 29.3 Å². The number of carbonyl (C=O) groups excluding carboxylic acids is 1. The highest BCUT2D eigenvalue weighted by atomic mass is 32.2. The van der Waals surface area contributed by atoms with Crippen LogP contribution in [0.4, 0.5) is 5.69 Å². The zero-order valence-electron chi connectivity index (χ0n) is 10.3. The minimum atomic E-state index is -1.29. The van der Waals surface area contributed by atoms with Gasteiger partial charge in [-0.3, -0.25) is 14.9 Å². The van der Waals surface area contributed by atoms with Crippen LogP contribution >= 0.6 is 11.8 Å². The van der Waals surface area contributed by atoms with Crippen LogP contribution in [0.25, 0.3) is 0 Å². The molecule has 1 rings (SSSR count). The van der Waals surface area contributed by atoms with Gasteiger partial charge < -0.3 is 10.4 Å². The molecule has 0 unspecified atom stereocenters. The molecule has 19 heavy (non-hydrogen) atoms. The SMILES string of the molecule is CCSc1cc([N+](=O)[O-])cc(C(=O)NC)c1C(=O)O. The van der Waals surface area contributed by atoms with Gasteiger partial charge in [-0.2, -0.15) is 0 Å². The van der Waals surface area contributed by atoms with E-state index in [1.165, 1.54) is 13.1 Å². The van der Waals surface area contributed by atoms with E-state index in [-0.39, 0.29) is 21.7 Å². The molecule has 0 bridgehead atoms. The fourth-order valence-corrected chi connectivity index (χ4v) is 2.37. The molecule has 2 N–H and O–H groups in total. The third-order valence-corrected chi connectivity index (χ3v) is 3.20. The van der Waals surface area contributed by atoms with Crippen molar-refractivity contribution in [2.75, 3.05) is 12.8 Å². The smallest absolute Gasteiger partial charge is 0.337 e. The van der Waals surface area contributed by atoms with Crippen molar-refractivity contribution in [3.05, 3.63) is 33.4 Å². The summed E-state index contributed by atoms with van der Waals surface area (Å²) < 4.78 is 0. The number of aromatic carboxylic acids is 1. The van der Waals surface area contributed by atoms with Gasteiger partial charge in [0.2, 0.25) is 0 Å². The van der Waals surface area contributed by atoms with Crippen LogP contribution in [-0.2, 0) is 0 Å². The summed E-state index contributed by atoms with van der Waals surface area (Å²) in [6, 6.07) is 2.14. The number of nitrogens with zero attached hydrogens (tertiary/aromatic N) is 1. The number of nitro benzene ring substituents is 1. The molecule has 8 heteroatoms. The summed E-state index contributed by atoms with van der Waals surface area (Å²) in [6.45, 7) is 1.79. The number of carbonyl (C=O) groups is 2. The average Bonchev–Trinajstić information content (AvgIpc) is 2.36. The second-order valence-corrected chi connectivity index (χ2v) is 4.75. The molecule has 1 aromatic carbocycles. The Morgan fingerprint density at radius 2 is 2.11 bits per heavy atom. The normalized spacial score (nSPS) is 10.0. The van der Waals surface area contributed by atoms with Gasteiger partial charge in [0.1, 0.15) is 0 Å². The minimum Gasteiger partial charge on any atom is -0.478 e. The molecule has 0 atom stereocenters. The predicted molar refractivity (Wildman–Crippen MR) is 69.8 cm³/mol. The number of hydrogen-bond acceptors (Lipinski definition) is 5. The first-order chi connectivity index (χ1) is 8.92. The summed E-state index contributed by atoms with van der Waals surface area (Å²) in [5.74, 6) is -1.42. The van der Waals surface area contributed by atoms with Crippen LogP contribution in [-0.4, -0.2) is 34.7 Å². The summed E-state index contributed by atoms with van der Waals surface area (Å²) in [5, 5.41) is 22.3. The van der Waals surface area contributed by atoms with Crippen molar-refractivity contribution in [2.45, 2.75) is 11.8 Å². The Morgan fingerprint density at radius 3 is 2.53 bits per heavy atom. The number of hydrogen-bond donors (Lipinski definition) is 2. The molecule has 0 radical (unpaired) electrons. The van der Waals surface area contributed by atoms with Crippen molar-refractivity contribution in [2.24, 2.45) is 0 Å². The van der Waals surface area contributed by atoms with E-state index >= 15 is 0 Å². The van der Waals surface area contributed by atoms with Crippen molar-refractivity contribution in [1.29, 1.82) is 0 Å². The maximum absolute atomic E-state index is 11.7. The third kappa shape index (κ3) is 3.22. The molecule has 102 valence electrons. The Kier molecular flexibility index (Phi) is 4.87. The Morgan fingerprint density at radius 1 is 1.47 bits per heavy atom. The van der Waals surface area contributed by atoms with E-state index in [1.807, 2.05) is 0 Å². The molecule has 0 aliphatic heterocycles. The zero-order valence-corrected chi connectivity index (χ0v) is 11.1. The number of carboxylic acid groups (broad SMARTS) is 1. The molecule has 0 spiro atoms. The molecule has 1 amide bonds. The maximum atomic E-state index is 11.7. The van der Waals surface area contributed by atoms with Gasteiger partial charge in [0.05, 0.1) is 16.1 Å². The van der Waals surface area contributed by atoms with E-state index in [1.54, 1.807) is 6.92 Å². The lowest BCUT2D eigenvalue weighted by atomic mass is 10.1. The standard InChI is InChI=1S/C11H12N2O5S/c1-3-19-8-5-6(13(17)18)4-7(10(14)12-2)9(8)11(15)16/h4-5H,3H2,1-2H3,(H,12,14)(H,15,16). The number of carboxylic acids is 1. The first-order valence-electron chi connectivity index (χ1n) is 5.33. The largest absolute Gasteiger partial charge is 0.478 e. The fourth-order valence-electron chi connectivity index (χ4n) is 1.51. The molecular formula is C11H12N2O5S. The molecule has 0 aliphatic rings. The topological polar surface area (TPSA) is 110 Å². The van der Waals surface area contributed by atoms with Crippen molar-refractivity contribution < 1.29 is 19.6 Å². The molecule has 0 saturated heterocycles. The van der Waals surface area contributed by atoms with Gasteiger partial charge in [-0.05, 0) is 5.75 Å². The number of benzene rings is 1. The Bertz CT molecular complexity index is 544. The summed E-state index contributed by atoms with van der Waals surface area (Å²) in [6.07, 6.45) is 0. The number of thioether (sulfide) groups is 1. The first-order valence-corrected chi connectivity index (χ1v) is 6.31. The third-order valence-electron chi connectivity index (χ3n) is 2.28. The van der Waals surface area contributed by atoms with E-state index in [0.717, 1.165) is 17.8 Å². The molecule has 0 aromatic heterocycles. The highest BCUT2D eigenvalue weighted by molar-refractivity contribution is 7.99. The van der Waals surface area contributed by atoms with Crippen LogP contribution in [0.15, 0.2) is 17.0 Å². The number of non-ortho nitro benzene ring substituents is 1. The van der Waals surface area contributed by atoms with Crippen LogP contribution in [0, 0.1) is 10.1 Å². The number of rotatable bonds is 5. The summed E-state index contributed by atoms with van der Waals surface area (Å²) >= 11 is 1.14. The van der Waals surface area contributed by atoms with Gasteiger partial charge in [0, 0.05) is 24.1 Å². The second-order valence-electron chi connectivity index (χ2n) is 3.44. The van der Waals surface area contributed by atoms with Crippen molar-refractivity contribution in [1.82, 2.24) is 5.32 Å². The van der Waals surface area contributed by atoms with Crippen LogP contribution in [0.5, 0.6) is 0 Å². The van der Waals surface area contributed by atoms with Crippen LogP contribution < -0.4 is 5.32 Å². The van der Waals surface area contributed by atoms with Crippen LogP contribution in [0.2, 0.25) is 0 Å². The lowest BCUT2D eigenvalue weighted by molar-refractivity contribution is -0.385. The Hall–Kier alpha value is -2.09. The summed E-state index contributed by atoms with van der Waals surface area (Å²) in [5.41, 5.74) is -0.725. The molecular weight excluding hydrogens is 272 g/mol. The van der Waals surface area contributed by atoms with Gasteiger partial charge in [-0.1, -0.05) is 6.92 Å². The first kappa shape index (κ1) is 15.0. The van der Waals surface area contributed by atoms with Gasteiger partial charge in [-0.25, -0.2) is 4.79 Å². The molecule has 1 aromatic rings. The summed E-state index contributed by atoms with van der Waals surface area (Å²) in [7, 11) is 1.33. The quantitative estimate of drug-likeness (QED) is 0.484. The molecule has 7 nitrogen and oxygen atoms in total. The maximum Gasteiger partial charge on any atom is 0.337 e. The highest BCUT2D eigenvalue weighted by Gasteiger charge is 2.24. The number of nitrogens with one attached hydrogen (secondary N) is 1. The lowest BCUT2D eigenvalue weighted by Gasteiger charge is -2.09. The second kappa shape index (κ2) is 6.19. The Balaban J connectivity index is 3.59. The summed E-state index contributed by atoms with van der Waals surface area (Å²) in [4.78, 5) is 33.3. The molecule has 0 heterocycles. The zero-order chi connectivity index (χ0) is 14.6. The van der Waals surface area contributed by atoms with Crippen molar-refractivity contribution in [3.63, 3.8) is 0 Å². The molecule has 0 fully saturated rings. The van der Waals surface area contributed by atoms with Gasteiger partial charge >= 0.3 is 5.97 Å². The number of amides is 1. The van der Waals surface area contributed by atoms with Gasteiger partial charge in [0.15, 0.2) is 0 Å². The van der Waals surface area contributed by atoms with Crippen LogP contribution in [0.3, 0.4) is 0 Å². The van der Waals surface area contributed by atoms with E-state index in [2.05, 4.69) is 5.32 Å². The molecule has 0 saturated carbocycles. The van der Waals surface area contributed by atoms with E-state index in [0.29, 0.717) is 5.75 Å². The predicted octanol–water partition coefficient (Wildman–Crippen LogP) is 1.76. The average molecular weight is 284 g/mol. The van der Waals surface area contributed by atoms with Gasteiger partial charge in [0.25, 0.3) is 11.6 Å². The minimum absolute atomic E-state index is 0.208.